The number of carbonyl (C=O) groups excluding carboxylic acids is 2. The van der Waals surface area contributed by atoms with Crippen molar-refractivity contribution in [3.63, 3.8) is 0 Å². The maximum absolute atomic E-state index is 12.3. The quantitative estimate of drug-likeness (QED) is 0.640. The van der Waals surface area contributed by atoms with Gasteiger partial charge in [-0.25, -0.2) is 0 Å². The van der Waals surface area contributed by atoms with Crippen LogP contribution in [0.25, 0.3) is 0 Å². The third kappa shape index (κ3) is 5.77. The normalized spacial score (nSPS) is 13.4. The van der Waals surface area contributed by atoms with Crippen LogP contribution in [0.3, 0.4) is 0 Å². The second kappa shape index (κ2) is 8.97. The number of hydrogen-bond donors (Lipinski definition) is 3. The maximum atomic E-state index is 12.3. The lowest BCUT2D eigenvalue weighted by molar-refractivity contribution is -0.142. The van der Waals surface area contributed by atoms with Crippen LogP contribution in [0.5, 0.6) is 0 Å². The fraction of sp³-hybridized carbons (Fsp3) is 0.562. The van der Waals surface area contributed by atoms with Gasteiger partial charge in [-0.15, -0.1) is 0 Å². The van der Waals surface area contributed by atoms with Crippen LogP contribution in [0.15, 0.2) is 22.8 Å². The minimum Gasteiger partial charge on any atom is -0.481 e. The average molecular weight is 324 g/mol. The van der Waals surface area contributed by atoms with Gasteiger partial charge in [-0.1, -0.05) is 27.2 Å². The first kappa shape index (κ1) is 18.7. The van der Waals surface area contributed by atoms with Gasteiger partial charge in [-0.3, -0.25) is 14.4 Å². The highest BCUT2D eigenvalue weighted by atomic mass is 16.4. The Hall–Kier alpha value is -2.31. The van der Waals surface area contributed by atoms with E-state index in [-0.39, 0.29) is 18.2 Å². The Morgan fingerprint density at radius 3 is 2.48 bits per heavy atom. The number of rotatable bonds is 9. The molecule has 7 nitrogen and oxygen atoms in total. The molecule has 0 aliphatic heterocycles. The number of aliphatic carboxylic acids is 1. The molecule has 0 bridgehead atoms. The summed E-state index contributed by atoms with van der Waals surface area (Å²) in [5.41, 5.74) is 0. The van der Waals surface area contributed by atoms with Gasteiger partial charge < -0.3 is 20.2 Å². The predicted molar refractivity (Wildman–Crippen MR) is 83.8 cm³/mol. The Kier molecular flexibility index (Phi) is 7.31. The third-order valence-corrected chi connectivity index (χ3v) is 3.49. The molecule has 1 rings (SSSR count). The summed E-state index contributed by atoms with van der Waals surface area (Å²) in [5, 5.41) is 14.3. The van der Waals surface area contributed by atoms with E-state index in [9.17, 15) is 14.4 Å². The van der Waals surface area contributed by atoms with Gasteiger partial charge in [0.1, 0.15) is 6.04 Å². The Balaban J connectivity index is 2.64. The van der Waals surface area contributed by atoms with Crippen molar-refractivity contribution >= 4 is 17.8 Å². The summed E-state index contributed by atoms with van der Waals surface area (Å²) in [6, 6.07) is 2.33. The van der Waals surface area contributed by atoms with E-state index in [0.29, 0.717) is 6.42 Å². The van der Waals surface area contributed by atoms with Gasteiger partial charge in [0.15, 0.2) is 5.76 Å². The first-order valence-electron chi connectivity index (χ1n) is 7.71. The van der Waals surface area contributed by atoms with Gasteiger partial charge in [-0.2, -0.15) is 0 Å². The fourth-order valence-corrected chi connectivity index (χ4v) is 2.15. The lowest BCUT2D eigenvalue weighted by Crippen LogP contribution is -2.50. The Bertz CT molecular complexity index is 525. The van der Waals surface area contributed by atoms with Crippen LogP contribution in [0.1, 0.15) is 44.2 Å². The van der Waals surface area contributed by atoms with Crippen molar-refractivity contribution in [3.8, 4) is 0 Å². The second-order valence-corrected chi connectivity index (χ2v) is 5.74. The standard InChI is InChI=1S/C16H24N2O5/c1-4-6-11(16(21)22)9-17-15(20)13(10(2)3)18-14(19)12-7-5-8-23-12/h5,7-8,10-11,13H,4,6,9H2,1-3H3,(H,17,20)(H,18,19)(H,21,22). The third-order valence-electron chi connectivity index (χ3n) is 3.49. The first-order chi connectivity index (χ1) is 10.9. The van der Waals surface area contributed by atoms with Gasteiger partial charge >= 0.3 is 5.97 Å². The molecule has 0 saturated heterocycles. The van der Waals surface area contributed by atoms with E-state index in [1.54, 1.807) is 19.9 Å². The molecule has 0 aliphatic carbocycles. The average Bonchev–Trinajstić information content (AvgIpc) is 3.02. The summed E-state index contributed by atoms with van der Waals surface area (Å²) in [5.74, 6) is -2.47. The summed E-state index contributed by atoms with van der Waals surface area (Å²) in [6.07, 6.45) is 2.58. The van der Waals surface area contributed by atoms with Crippen molar-refractivity contribution in [2.24, 2.45) is 11.8 Å². The van der Waals surface area contributed by atoms with Crippen LogP contribution in [0.4, 0.5) is 0 Å². The lowest BCUT2D eigenvalue weighted by Gasteiger charge is -2.22. The minimum atomic E-state index is -0.937. The van der Waals surface area contributed by atoms with E-state index in [4.69, 9.17) is 9.52 Å². The van der Waals surface area contributed by atoms with Gasteiger partial charge in [0.2, 0.25) is 5.91 Å². The zero-order chi connectivity index (χ0) is 17.4. The molecule has 7 heteroatoms. The number of furan rings is 1. The highest BCUT2D eigenvalue weighted by Gasteiger charge is 2.26. The van der Waals surface area contributed by atoms with Gasteiger partial charge in [0, 0.05) is 6.54 Å². The van der Waals surface area contributed by atoms with Crippen LogP contribution in [-0.2, 0) is 9.59 Å². The van der Waals surface area contributed by atoms with Gasteiger partial charge in [-0.05, 0) is 24.5 Å². The predicted octanol–water partition coefficient (Wildman–Crippen LogP) is 1.65. The minimum absolute atomic E-state index is 0.0435. The van der Waals surface area contributed by atoms with E-state index in [1.165, 1.54) is 12.3 Å². The summed E-state index contributed by atoms with van der Waals surface area (Å²) >= 11 is 0. The molecule has 23 heavy (non-hydrogen) atoms. The zero-order valence-corrected chi connectivity index (χ0v) is 13.7. The van der Waals surface area contributed by atoms with Gasteiger partial charge in [0.25, 0.3) is 5.91 Å². The lowest BCUT2D eigenvalue weighted by atomic mass is 10.0. The Morgan fingerprint density at radius 2 is 2.00 bits per heavy atom. The molecule has 2 atom stereocenters. The maximum Gasteiger partial charge on any atom is 0.308 e. The Labute approximate surface area is 135 Å². The number of carboxylic acids is 1. The summed E-state index contributed by atoms with van der Waals surface area (Å²) < 4.78 is 5.00. The van der Waals surface area contributed by atoms with Crippen LogP contribution in [0.2, 0.25) is 0 Å². The molecule has 1 aromatic rings. The monoisotopic (exact) mass is 324 g/mol. The van der Waals surface area contributed by atoms with Crippen LogP contribution in [0, 0.1) is 11.8 Å². The molecular weight excluding hydrogens is 300 g/mol. The zero-order valence-electron chi connectivity index (χ0n) is 13.7. The molecule has 3 N–H and O–H groups in total. The topological polar surface area (TPSA) is 109 Å². The van der Waals surface area contributed by atoms with E-state index in [1.807, 2.05) is 6.92 Å². The number of amides is 2. The highest BCUT2D eigenvalue weighted by Crippen LogP contribution is 2.08. The fourth-order valence-electron chi connectivity index (χ4n) is 2.15. The van der Waals surface area contributed by atoms with E-state index < -0.39 is 29.7 Å². The molecule has 2 amide bonds. The molecule has 0 aliphatic rings. The number of carboxylic acid groups (broad SMARTS) is 1. The second-order valence-electron chi connectivity index (χ2n) is 5.74. The molecule has 0 aromatic carbocycles. The molecule has 0 saturated carbocycles. The molecule has 0 spiro atoms. The molecule has 0 radical (unpaired) electrons. The first-order valence-corrected chi connectivity index (χ1v) is 7.71. The SMILES string of the molecule is CCCC(CNC(=O)C(NC(=O)c1ccco1)C(C)C)C(=O)O. The highest BCUT2D eigenvalue weighted by molar-refractivity contribution is 5.95. The van der Waals surface area contributed by atoms with E-state index in [0.717, 1.165) is 6.42 Å². The molecule has 1 aromatic heterocycles. The van der Waals surface area contributed by atoms with Crippen molar-refractivity contribution in [2.45, 2.75) is 39.7 Å². The van der Waals surface area contributed by atoms with Crippen LogP contribution in [-0.4, -0.2) is 35.5 Å². The molecule has 1 heterocycles. The Morgan fingerprint density at radius 1 is 1.30 bits per heavy atom. The summed E-state index contributed by atoms with van der Waals surface area (Å²) in [6.45, 7) is 5.53. The largest absolute Gasteiger partial charge is 0.481 e. The van der Waals surface area contributed by atoms with Crippen molar-refractivity contribution in [2.75, 3.05) is 6.54 Å². The summed E-state index contributed by atoms with van der Waals surface area (Å²) in [7, 11) is 0. The van der Waals surface area contributed by atoms with Crippen LogP contribution < -0.4 is 10.6 Å². The van der Waals surface area contributed by atoms with Crippen molar-refractivity contribution in [1.82, 2.24) is 10.6 Å². The van der Waals surface area contributed by atoms with E-state index in [2.05, 4.69) is 10.6 Å². The molecule has 128 valence electrons. The van der Waals surface area contributed by atoms with Crippen molar-refractivity contribution < 1.29 is 23.9 Å². The van der Waals surface area contributed by atoms with Crippen molar-refractivity contribution in [3.05, 3.63) is 24.2 Å². The number of hydrogen-bond acceptors (Lipinski definition) is 4. The van der Waals surface area contributed by atoms with E-state index >= 15 is 0 Å². The molecular formula is C16H24N2O5. The molecule has 0 fully saturated rings. The number of nitrogens with one attached hydrogen (secondary N) is 2. The van der Waals surface area contributed by atoms with Crippen LogP contribution >= 0.6 is 0 Å². The number of carbonyl (C=O) groups is 3. The smallest absolute Gasteiger partial charge is 0.308 e. The molecule has 2 unspecified atom stereocenters. The van der Waals surface area contributed by atoms with Gasteiger partial charge in [0.05, 0.1) is 12.2 Å². The summed E-state index contributed by atoms with van der Waals surface area (Å²) in [4.78, 5) is 35.4. The van der Waals surface area contributed by atoms with Crippen molar-refractivity contribution in [1.29, 1.82) is 0 Å².